The van der Waals surface area contributed by atoms with E-state index in [1.807, 2.05) is 48.5 Å². The van der Waals surface area contributed by atoms with E-state index >= 15 is 0 Å². The summed E-state index contributed by atoms with van der Waals surface area (Å²) in [6, 6.07) is 27.2. The number of para-hydroxylation sites is 4. The molecule has 0 fully saturated rings. The van der Waals surface area contributed by atoms with Crippen molar-refractivity contribution in [1.29, 1.82) is 0 Å². The Balaban J connectivity index is 0.000000413. The largest absolute Gasteiger partial charge is 2.00 e. The third-order valence-electron chi connectivity index (χ3n) is 10.7. The molecule has 0 spiro atoms. The summed E-state index contributed by atoms with van der Waals surface area (Å²) in [6.45, 7) is 4.50. The Bertz CT molecular complexity index is 1840. The average molecular weight is 903 g/mol. The van der Waals surface area contributed by atoms with Crippen LogP contribution < -0.4 is 9.47 Å². The van der Waals surface area contributed by atoms with Gasteiger partial charge < -0.3 is 18.6 Å². The first-order chi connectivity index (χ1) is 29.0. The molecule has 0 radical (unpaired) electrons. The van der Waals surface area contributed by atoms with Gasteiger partial charge >= 0.3 is 37.7 Å². The van der Waals surface area contributed by atoms with Crippen LogP contribution in [0.3, 0.4) is 0 Å². The zero-order valence-corrected chi connectivity index (χ0v) is 40.8. The SMILES string of the molecule is CCCCCCCCCCCCCc1ccccc1Oc1ccccc1S(=O)(=O)[O-].CCCCCCCCCCCCCc1ccccc1Oc1ccccc1S(=O)(=O)[O-].[Ca+2]. The Morgan fingerprint density at radius 1 is 0.361 bits per heavy atom. The van der Waals surface area contributed by atoms with Gasteiger partial charge in [-0.25, -0.2) is 16.8 Å². The number of aryl methyl sites for hydroxylation is 2. The molecule has 0 atom stereocenters. The summed E-state index contributed by atoms with van der Waals surface area (Å²) in [5.41, 5.74) is 2.07. The molecule has 0 aliphatic carbocycles. The van der Waals surface area contributed by atoms with Crippen molar-refractivity contribution in [3.8, 4) is 23.0 Å². The van der Waals surface area contributed by atoms with Gasteiger partial charge in [0, 0.05) is 0 Å². The summed E-state index contributed by atoms with van der Waals surface area (Å²) in [5, 5.41) is 0. The standard InChI is InChI=1S/2C25H36O4S.Ca/c2*1-2-3-4-5-6-7-8-9-10-11-12-17-22-18-13-14-19-23(22)29-24-20-15-16-21-25(24)30(26,27)28;/h2*13-16,18-21H,2-12,17H2,1H3,(H,26,27,28);/q;;+2/p-2. The molecule has 0 saturated heterocycles. The van der Waals surface area contributed by atoms with E-state index in [4.69, 9.17) is 9.47 Å². The van der Waals surface area contributed by atoms with Crippen LogP contribution in [0.1, 0.15) is 166 Å². The fraction of sp³-hybridized carbons (Fsp3) is 0.520. The topological polar surface area (TPSA) is 133 Å². The van der Waals surface area contributed by atoms with Crippen LogP contribution in [-0.4, -0.2) is 63.7 Å². The predicted octanol–water partition coefficient (Wildman–Crippen LogP) is 14.1. The molecule has 8 nitrogen and oxygen atoms in total. The number of hydrogen-bond donors (Lipinski definition) is 0. The van der Waals surface area contributed by atoms with Gasteiger partial charge in [-0.1, -0.05) is 203 Å². The Labute approximate surface area is 399 Å². The van der Waals surface area contributed by atoms with Crippen molar-refractivity contribution >= 4 is 58.0 Å². The van der Waals surface area contributed by atoms with Crippen LogP contribution in [0.15, 0.2) is 107 Å². The minimum Gasteiger partial charge on any atom is -0.744 e. The molecule has 0 saturated carbocycles. The molecule has 0 aliphatic rings. The average Bonchev–Trinajstić information content (AvgIpc) is 3.23. The molecule has 0 N–H and O–H groups in total. The molecule has 0 aliphatic heterocycles. The minimum atomic E-state index is -4.58. The van der Waals surface area contributed by atoms with Crippen molar-refractivity contribution < 1.29 is 35.4 Å². The Morgan fingerprint density at radius 3 is 0.902 bits per heavy atom. The van der Waals surface area contributed by atoms with Gasteiger partial charge in [-0.2, -0.15) is 0 Å². The van der Waals surface area contributed by atoms with Crippen molar-refractivity contribution in [2.45, 2.75) is 178 Å². The van der Waals surface area contributed by atoms with Crippen molar-refractivity contribution in [2.24, 2.45) is 0 Å². The van der Waals surface area contributed by atoms with Crippen molar-refractivity contribution in [3.63, 3.8) is 0 Å². The van der Waals surface area contributed by atoms with Gasteiger partial charge in [0.05, 0.1) is 9.79 Å². The molecular weight excluding hydrogens is 833 g/mol. The maximum atomic E-state index is 11.5. The second-order valence-corrected chi connectivity index (χ2v) is 18.5. The van der Waals surface area contributed by atoms with E-state index < -0.39 is 20.2 Å². The molecule has 4 aromatic carbocycles. The van der Waals surface area contributed by atoms with Gasteiger partial charge in [0.15, 0.2) is 0 Å². The minimum absolute atomic E-state index is 0. The van der Waals surface area contributed by atoms with E-state index in [2.05, 4.69) is 13.8 Å². The molecule has 0 heterocycles. The molecule has 0 unspecified atom stereocenters. The smallest absolute Gasteiger partial charge is 0.744 e. The molecule has 11 heteroatoms. The summed E-state index contributed by atoms with van der Waals surface area (Å²) < 4.78 is 80.5. The molecule has 0 aromatic heterocycles. The van der Waals surface area contributed by atoms with E-state index in [0.29, 0.717) is 11.5 Å². The Kier molecular flexibility index (Phi) is 28.9. The fourth-order valence-electron chi connectivity index (χ4n) is 7.30. The van der Waals surface area contributed by atoms with Gasteiger partial charge in [0.25, 0.3) is 0 Å². The van der Waals surface area contributed by atoms with E-state index in [-0.39, 0.29) is 59.0 Å². The van der Waals surface area contributed by atoms with E-state index in [1.165, 1.54) is 165 Å². The van der Waals surface area contributed by atoms with Crippen molar-refractivity contribution in [2.75, 3.05) is 0 Å². The zero-order chi connectivity index (χ0) is 43.3. The summed E-state index contributed by atoms with van der Waals surface area (Å²) in [7, 11) is -9.16. The summed E-state index contributed by atoms with van der Waals surface area (Å²) in [5.74, 6) is 1.39. The summed E-state index contributed by atoms with van der Waals surface area (Å²) in [6.07, 6.45) is 30.2. The van der Waals surface area contributed by atoms with Crippen LogP contribution in [0, 0.1) is 0 Å². The van der Waals surface area contributed by atoms with E-state index in [1.54, 1.807) is 12.1 Å². The third-order valence-corrected chi connectivity index (χ3v) is 12.5. The van der Waals surface area contributed by atoms with Gasteiger partial charge in [0.1, 0.15) is 43.2 Å². The van der Waals surface area contributed by atoms with E-state index in [9.17, 15) is 25.9 Å². The molecule has 0 amide bonds. The molecule has 61 heavy (non-hydrogen) atoms. The maximum absolute atomic E-state index is 11.5. The first-order valence-electron chi connectivity index (χ1n) is 22.7. The first kappa shape index (κ1) is 54.7. The molecule has 332 valence electrons. The van der Waals surface area contributed by atoms with Crippen LogP contribution in [0.4, 0.5) is 0 Å². The number of ether oxygens (including phenoxy) is 2. The predicted molar refractivity (Wildman–Crippen MR) is 248 cm³/mol. The van der Waals surface area contributed by atoms with Crippen LogP contribution in [0.2, 0.25) is 0 Å². The maximum Gasteiger partial charge on any atom is 2.00 e. The van der Waals surface area contributed by atoms with Crippen LogP contribution in [-0.2, 0) is 33.1 Å². The summed E-state index contributed by atoms with van der Waals surface area (Å²) in [4.78, 5) is -0.649. The molecular formula is C50H70CaO8S2. The van der Waals surface area contributed by atoms with E-state index in [0.717, 1.165) is 36.8 Å². The number of benzene rings is 4. The quantitative estimate of drug-likeness (QED) is 0.0287. The zero-order valence-electron chi connectivity index (χ0n) is 37.0. The first-order valence-corrected chi connectivity index (χ1v) is 25.5. The monoisotopic (exact) mass is 902 g/mol. The van der Waals surface area contributed by atoms with Crippen LogP contribution >= 0.6 is 0 Å². The molecule has 4 rings (SSSR count). The number of unbranched alkanes of at least 4 members (excludes halogenated alkanes) is 20. The Morgan fingerprint density at radius 2 is 0.607 bits per heavy atom. The van der Waals surface area contributed by atoms with Crippen molar-refractivity contribution in [1.82, 2.24) is 0 Å². The van der Waals surface area contributed by atoms with Crippen LogP contribution in [0.5, 0.6) is 23.0 Å². The molecule has 0 bridgehead atoms. The van der Waals surface area contributed by atoms with Crippen LogP contribution in [0.25, 0.3) is 0 Å². The second kappa shape index (κ2) is 32.3. The third kappa shape index (κ3) is 23.2. The van der Waals surface area contributed by atoms with Crippen molar-refractivity contribution in [3.05, 3.63) is 108 Å². The second-order valence-electron chi connectivity index (χ2n) is 15.8. The molecule has 4 aromatic rings. The van der Waals surface area contributed by atoms with Gasteiger partial charge in [0.2, 0.25) is 0 Å². The van der Waals surface area contributed by atoms with Gasteiger partial charge in [-0.15, -0.1) is 0 Å². The number of rotatable bonds is 30. The van der Waals surface area contributed by atoms with Gasteiger partial charge in [-0.05, 0) is 73.2 Å². The van der Waals surface area contributed by atoms with Gasteiger partial charge in [-0.3, -0.25) is 0 Å². The number of hydrogen-bond acceptors (Lipinski definition) is 8. The normalized spacial score (nSPS) is 11.3. The Hall–Kier alpha value is -2.44. The summed E-state index contributed by atoms with van der Waals surface area (Å²) >= 11 is 0. The fourth-order valence-corrected chi connectivity index (χ4v) is 8.50.